The molecule has 0 saturated carbocycles. The first-order chi connectivity index (χ1) is 13.0. The van der Waals surface area contributed by atoms with Gasteiger partial charge >= 0.3 is 0 Å². The Bertz CT molecular complexity index is 931. The first kappa shape index (κ1) is 18.9. The number of thioether (sulfide) groups is 1. The number of benzene rings is 1. The van der Waals surface area contributed by atoms with E-state index in [-0.39, 0.29) is 12.0 Å². The highest BCUT2D eigenvalue weighted by Gasteiger charge is 2.34. The van der Waals surface area contributed by atoms with Gasteiger partial charge in [-0.2, -0.15) is 0 Å². The molecule has 2 aliphatic heterocycles. The summed E-state index contributed by atoms with van der Waals surface area (Å²) in [6.07, 6.45) is 3.87. The maximum Gasteiger partial charge on any atom is 0.266 e. The van der Waals surface area contributed by atoms with Crippen LogP contribution in [0.1, 0.15) is 24.2 Å². The smallest absolute Gasteiger partial charge is 0.266 e. The summed E-state index contributed by atoms with van der Waals surface area (Å²) < 4.78 is 13.2. The van der Waals surface area contributed by atoms with Crippen molar-refractivity contribution in [3.8, 4) is 11.3 Å². The molecule has 1 aromatic heterocycles. The minimum absolute atomic E-state index is 0.0714. The molecule has 27 heavy (non-hydrogen) atoms. The lowest BCUT2D eigenvalue weighted by molar-refractivity contribution is -0.123. The van der Waals surface area contributed by atoms with Crippen LogP contribution in [0.4, 0.5) is 0 Å². The highest BCUT2D eigenvalue weighted by Crippen LogP contribution is 2.34. The van der Waals surface area contributed by atoms with Gasteiger partial charge < -0.3 is 9.15 Å². The van der Waals surface area contributed by atoms with Gasteiger partial charge in [0.2, 0.25) is 0 Å². The van der Waals surface area contributed by atoms with E-state index in [1.807, 2.05) is 31.2 Å². The monoisotopic (exact) mass is 463 g/mol. The lowest BCUT2D eigenvalue weighted by atomic mass is 10.1. The van der Waals surface area contributed by atoms with Gasteiger partial charge in [0.05, 0.1) is 17.6 Å². The number of carbonyl (C=O) groups excluding carboxylic acids is 1. The summed E-state index contributed by atoms with van der Waals surface area (Å²) in [5, 5.41) is 0. The number of hydrogen-bond acceptors (Lipinski definition) is 5. The first-order valence-electron chi connectivity index (χ1n) is 8.74. The number of ether oxygens (including phenoxy) is 1. The molecule has 4 nitrogen and oxygen atoms in total. The van der Waals surface area contributed by atoms with E-state index in [2.05, 4.69) is 22.0 Å². The molecule has 0 unspecified atom stereocenters. The van der Waals surface area contributed by atoms with Crippen LogP contribution >= 0.6 is 39.9 Å². The molecule has 4 rings (SSSR count). The normalized spacial score (nSPS) is 21.6. The number of aryl methyl sites for hydroxylation is 1. The molecule has 3 heterocycles. The van der Waals surface area contributed by atoms with Crippen LogP contribution < -0.4 is 0 Å². The van der Waals surface area contributed by atoms with Crippen molar-refractivity contribution >= 4 is 56.2 Å². The second kappa shape index (κ2) is 7.91. The van der Waals surface area contributed by atoms with E-state index in [0.717, 1.165) is 40.8 Å². The van der Waals surface area contributed by atoms with Crippen molar-refractivity contribution in [3.05, 3.63) is 51.0 Å². The SMILES string of the molecule is Cc1cc(-c2ccc(/C=C3\SC(=S)N(C[C@@H]4CCCO4)C3=O)o2)ccc1Br. The molecule has 0 radical (unpaired) electrons. The van der Waals surface area contributed by atoms with Gasteiger partial charge in [-0.15, -0.1) is 0 Å². The number of thiocarbonyl (C=S) groups is 1. The minimum Gasteiger partial charge on any atom is -0.457 e. The van der Waals surface area contributed by atoms with Crippen molar-refractivity contribution in [2.24, 2.45) is 0 Å². The van der Waals surface area contributed by atoms with E-state index in [9.17, 15) is 4.79 Å². The second-order valence-electron chi connectivity index (χ2n) is 6.59. The maximum atomic E-state index is 12.7. The number of nitrogens with zero attached hydrogens (tertiary/aromatic N) is 1. The van der Waals surface area contributed by atoms with E-state index in [4.69, 9.17) is 21.4 Å². The molecule has 0 bridgehead atoms. The van der Waals surface area contributed by atoms with Crippen molar-refractivity contribution in [1.82, 2.24) is 4.90 Å². The standard InChI is InChI=1S/C20H18BrNO3S2/c1-12-9-13(4-6-16(12)21)17-7-5-14(25-17)10-18-19(23)22(20(26)27-18)11-15-3-2-8-24-15/h4-7,9-10,15H,2-3,8,11H2,1H3/b18-10-/t15-/m0/s1. The Morgan fingerprint density at radius 2 is 2.22 bits per heavy atom. The van der Waals surface area contributed by atoms with Gasteiger partial charge in [0.25, 0.3) is 5.91 Å². The predicted molar refractivity (Wildman–Crippen MR) is 115 cm³/mol. The van der Waals surface area contributed by atoms with Crippen LogP contribution in [0.3, 0.4) is 0 Å². The largest absolute Gasteiger partial charge is 0.457 e. The summed E-state index contributed by atoms with van der Waals surface area (Å²) in [5.74, 6) is 1.34. The Hall–Kier alpha value is -1.41. The maximum absolute atomic E-state index is 12.7. The minimum atomic E-state index is -0.0714. The van der Waals surface area contributed by atoms with Gasteiger partial charge in [-0.05, 0) is 49.6 Å². The van der Waals surface area contributed by atoms with Crippen molar-refractivity contribution in [1.29, 1.82) is 0 Å². The van der Waals surface area contributed by atoms with E-state index < -0.39 is 0 Å². The highest BCUT2D eigenvalue weighted by molar-refractivity contribution is 9.10. The Balaban J connectivity index is 1.52. The Labute approximate surface area is 176 Å². The van der Waals surface area contributed by atoms with Crippen LogP contribution in [0.15, 0.2) is 44.1 Å². The van der Waals surface area contributed by atoms with Gasteiger partial charge in [-0.1, -0.05) is 46.0 Å². The van der Waals surface area contributed by atoms with E-state index in [0.29, 0.717) is 21.5 Å². The molecular formula is C20H18BrNO3S2. The predicted octanol–water partition coefficient (Wildman–Crippen LogP) is 5.40. The number of amides is 1. The quantitative estimate of drug-likeness (QED) is 0.448. The number of furan rings is 1. The average molecular weight is 464 g/mol. The Kier molecular flexibility index (Phi) is 5.55. The zero-order chi connectivity index (χ0) is 19.0. The van der Waals surface area contributed by atoms with E-state index in [1.54, 1.807) is 11.0 Å². The third-order valence-electron chi connectivity index (χ3n) is 4.63. The molecule has 1 aromatic carbocycles. The summed E-state index contributed by atoms with van der Waals surface area (Å²) in [6.45, 7) is 3.33. The summed E-state index contributed by atoms with van der Waals surface area (Å²) in [5.41, 5.74) is 2.14. The molecule has 1 amide bonds. The summed E-state index contributed by atoms with van der Waals surface area (Å²) in [4.78, 5) is 14.9. The molecule has 2 aliphatic rings. The zero-order valence-electron chi connectivity index (χ0n) is 14.7. The average Bonchev–Trinajstić information content (AvgIpc) is 3.37. The molecule has 0 N–H and O–H groups in total. The molecular weight excluding hydrogens is 446 g/mol. The number of rotatable bonds is 4. The number of hydrogen-bond donors (Lipinski definition) is 0. The molecule has 0 spiro atoms. The molecule has 2 fully saturated rings. The zero-order valence-corrected chi connectivity index (χ0v) is 18.0. The fraction of sp³-hybridized carbons (Fsp3) is 0.300. The van der Waals surface area contributed by atoms with Crippen molar-refractivity contribution in [2.45, 2.75) is 25.9 Å². The number of halogens is 1. The molecule has 0 aliphatic carbocycles. The highest BCUT2D eigenvalue weighted by atomic mass is 79.9. The molecule has 1 atom stereocenters. The fourth-order valence-corrected chi connectivity index (χ4v) is 4.66. The summed E-state index contributed by atoms with van der Waals surface area (Å²) in [7, 11) is 0. The van der Waals surface area contributed by atoms with Crippen LogP contribution in [0.5, 0.6) is 0 Å². The lowest BCUT2D eigenvalue weighted by Crippen LogP contribution is -2.35. The topological polar surface area (TPSA) is 42.7 Å². The van der Waals surface area contributed by atoms with Crippen LogP contribution in [0, 0.1) is 6.92 Å². The van der Waals surface area contributed by atoms with Gasteiger partial charge in [-0.3, -0.25) is 9.69 Å². The van der Waals surface area contributed by atoms with Crippen molar-refractivity contribution < 1.29 is 13.9 Å². The molecule has 140 valence electrons. The fourth-order valence-electron chi connectivity index (χ4n) is 3.16. The van der Waals surface area contributed by atoms with Crippen LogP contribution in [0.2, 0.25) is 0 Å². The van der Waals surface area contributed by atoms with E-state index >= 15 is 0 Å². The molecule has 2 saturated heterocycles. The molecule has 7 heteroatoms. The van der Waals surface area contributed by atoms with Gasteiger partial charge in [-0.25, -0.2) is 0 Å². The van der Waals surface area contributed by atoms with Crippen LogP contribution in [-0.4, -0.2) is 34.4 Å². The summed E-state index contributed by atoms with van der Waals surface area (Å²) >= 11 is 10.2. The third kappa shape index (κ3) is 4.06. The van der Waals surface area contributed by atoms with Crippen molar-refractivity contribution in [2.75, 3.05) is 13.2 Å². The van der Waals surface area contributed by atoms with Crippen molar-refractivity contribution in [3.63, 3.8) is 0 Å². The first-order valence-corrected chi connectivity index (χ1v) is 10.8. The molecule has 2 aromatic rings. The summed E-state index contributed by atoms with van der Waals surface area (Å²) in [6, 6.07) is 9.86. The third-order valence-corrected chi connectivity index (χ3v) is 6.89. The Morgan fingerprint density at radius 3 is 2.96 bits per heavy atom. The van der Waals surface area contributed by atoms with Gasteiger partial charge in [0, 0.05) is 22.7 Å². The van der Waals surface area contributed by atoms with Crippen LogP contribution in [-0.2, 0) is 9.53 Å². The Morgan fingerprint density at radius 1 is 1.37 bits per heavy atom. The lowest BCUT2D eigenvalue weighted by Gasteiger charge is -2.18. The van der Waals surface area contributed by atoms with E-state index in [1.165, 1.54) is 11.8 Å². The van der Waals surface area contributed by atoms with Gasteiger partial charge in [0.1, 0.15) is 15.8 Å². The second-order valence-corrected chi connectivity index (χ2v) is 9.12. The number of carbonyl (C=O) groups is 1. The van der Waals surface area contributed by atoms with Gasteiger partial charge in [0.15, 0.2) is 0 Å². The van der Waals surface area contributed by atoms with Crippen LogP contribution in [0.25, 0.3) is 17.4 Å².